The first-order valence-electron chi connectivity index (χ1n) is 7.80. The second-order valence-electron chi connectivity index (χ2n) is 5.71. The number of ether oxygens (including phenoxy) is 1. The van der Waals surface area contributed by atoms with E-state index in [9.17, 15) is 4.21 Å². The molecule has 23 heavy (non-hydrogen) atoms. The molecule has 0 amide bonds. The van der Waals surface area contributed by atoms with Gasteiger partial charge in [0.2, 0.25) is 0 Å². The van der Waals surface area contributed by atoms with Crippen molar-refractivity contribution in [3.05, 3.63) is 47.9 Å². The summed E-state index contributed by atoms with van der Waals surface area (Å²) in [5.74, 6) is 1.35. The standard InChI is InChI=1S/C17H21N3O2S/c1-13-9-17(19-12-18-13)20-15-4-2-3-14(10-15)11-23(21)16-5-7-22-8-6-16/h2-4,9-10,12,16H,5-8,11H2,1H3,(H,18,19,20). The highest BCUT2D eigenvalue weighted by Gasteiger charge is 2.20. The van der Waals surface area contributed by atoms with E-state index in [0.717, 1.165) is 48.8 Å². The fourth-order valence-electron chi connectivity index (χ4n) is 2.63. The largest absolute Gasteiger partial charge is 0.381 e. The number of aromatic nitrogens is 2. The maximum Gasteiger partial charge on any atom is 0.133 e. The van der Waals surface area contributed by atoms with Crippen LogP contribution in [0.25, 0.3) is 0 Å². The van der Waals surface area contributed by atoms with Crippen LogP contribution < -0.4 is 5.32 Å². The molecular formula is C17H21N3O2S. The van der Waals surface area contributed by atoms with Crippen molar-refractivity contribution in [3.63, 3.8) is 0 Å². The Morgan fingerprint density at radius 3 is 2.87 bits per heavy atom. The van der Waals surface area contributed by atoms with Gasteiger partial charge in [-0.05, 0) is 37.5 Å². The lowest BCUT2D eigenvalue weighted by atomic mass is 10.2. The molecule has 2 heterocycles. The predicted octanol–water partition coefficient (Wildman–Crippen LogP) is 2.96. The molecule has 1 unspecified atom stereocenters. The van der Waals surface area contributed by atoms with Gasteiger partial charge < -0.3 is 10.1 Å². The highest BCUT2D eigenvalue weighted by atomic mass is 32.2. The molecule has 3 rings (SSSR count). The van der Waals surface area contributed by atoms with E-state index in [1.54, 1.807) is 6.33 Å². The zero-order chi connectivity index (χ0) is 16.1. The number of hydrogen-bond donors (Lipinski definition) is 1. The van der Waals surface area contributed by atoms with Crippen LogP contribution in [0, 0.1) is 6.92 Å². The molecule has 1 atom stereocenters. The lowest BCUT2D eigenvalue weighted by molar-refractivity contribution is 0.0992. The van der Waals surface area contributed by atoms with Crippen molar-refractivity contribution in [1.82, 2.24) is 9.97 Å². The van der Waals surface area contributed by atoms with E-state index < -0.39 is 10.8 Å². The summed E-state index contributed by atoms with van der Waals surface area (Å²) in [4.78, 5) is 8.29. The van der Waals surface area contributed by atoms with Crippen molar-refractivity contribution in [2.24, 2.45) is 0 Å². The van der Waals surface area contributed by atoms with Gasteiger partial charge in [0.15, 0.2) is 0 Å². The quantitative estimate of drug-likeness (QED) is 0.912. The lowest BCUT2D eigenvalue weighted by Crippen LogP contribution is -2.25. The smallest absolute Gasteiger partial charge is 0.133 e. The summed E-state index contributed by atoms with van der Waals surface area (Å²) in [5.41, 5.74) is 2.94. The van der Waals surface area contributed by atoms with Gasteiger partial charge in [-0.2, -0.15) is 0 Å². The summed E-state index contributed by atoms with van der Waals surface area (Å²) in [6.45, 7) is 3.39. The minimum Gasteiger partial charge on any atom is -0.381 e. The minimum atomic E-state index is -0.849. The SMILES string of the molecule is Cc1cc(Nc2cccc(CS(=O)C3CCOCC3)c2)ncn1. The van der Waals surface area contributed by atoms with Crippen LogP contribution in [0.15, 0.2) is 36.7 Å². The highest BCUT2D eigenvalue weighted by Crippen LogP contribution is 2.20. The molecule has 0 aliphatic carbocycles. The fourth-order valence-corrected chi connectivity index (χ4v) is 4.09. The fraction of sp³-hybridized carbons (Fsp3) is 0.412. The van der Waals surface area contributed by atoms with Gasteiger partial charge in [-0.25, -0.2) is 9.97 Å². The average Bonchev–Trinajstić information content (AvgIpc) is 2.56. The van der Waals surface area contributed by atoms with Crippen molar-refractivity contribution in [1.29, 1.82) is 0 Å². The molecular weight excluding hydrogens is 310 g/mol. The van der Waals surface area contributed by atoms with Gasteiger partial charge in [0.05, 0.1) is 0 Å². The predicted molar refractivity (Wildman–Crippen MR) is 92.2 cm³/mol. The van der Waals surface area contributed by atoms with E-state index in [1.165, 1.54) is 0 Å². The maximum atomic E-state index is 12.5. The number of benzene rings is 1. The zero-order valence-corrected chi connectivity index (χ0v) is 14.0. The average molecular weight is 331 g/mol. The molecule has 1 aromatic heterocycles. The normalized spacial score (nSPS) is 16.9. The summed E-state index contributed by atoms with van der Waals surface area (Å²) < 4.78 is 17.8. The molecule has 1 aliphatic rings. The monoisotopic (exact) mass is 331 g/mol. The number of hydrogen-bond acceptors (Lipinski definition) is 5. The molecule has 122 valence electrons. The van der Waals surface area contributed by atoms with Gasteiger partial charge in [0.1, 0.15) is 12.1 Å². The first kappa shape index (κ1) is 16.1. The van der Waals surface area contributed by atoms with Crippen LogP contribution in [0.3, 0.4) is 0 Å². The van der Waals surface area contributed by atoms with Gasteiger partial charge >= 0.3 is 0 Å². The van der Waals surface area contributed by atoms with Crippen LogP contribution in [0.5, 0.6) is 0 Å². The maximum absolute atomic E-state index is 12.5. The molecule has 2 aromatic rings. The Bertz CT molecular complexity index is 687. The Labute approximate surface area is 139 Å². The molecule has 6 heteroatoms. The first-order chi connectivity index (χ1) is 11.2. The summed E-state index contributed by atoms with van der Waals surface area (Å²) >= 11 is 0. The molecule has 0 bridgehead atoms. The second kappa shape index (κ2) is 7.66. The Morgan fingerprint density at radius 1 is 1.26 bits per heavy atom. The Kier molecular flexibility index (Phi) is 5.35. The van der Waals surface area contributed by atoms with E-state index in [1.807, 2.05) is 37.3 Å². The van der Waals surface area contributed by atoms with Crippen molar-refractivity contribution in [3.8, 4) is 0 Å². The van der Waals surface area contributed by atoms with E-state index in [2.05, 4.69) is 15.3 Å². The van der Waals surface area contributed by atoms with Crippen LogP contribution in [0.1, 0.15) is 24.1 Å². The summed E-state index contributed by atoms with van der Waals surface area (Å²) in [6.07, 6.45) is 3.33. The van der Waals surface area contributed by atoms with Gasteiger partial charge in [0, 0.05) is 52.5 Å². The second-order valence-corrected chi connectivity index (χ2v) is 7.42. The van der Waals surface area contributed by atoms with Crippen molar-refractivity contribution in [2.75, 3.05) is 18.5 Å². The van der Waals surface area contributed by atoms with E-state index >= 15 is 0 Å². The van der Waals surface area contributed by atoms with Crippen molar-refractivity contribution >= 4 is 22.3 Å². The lowest BCUT2D eigenvalue weighted by Gasteiger charge is -2.21. The van der Waals surface area contributed by atoms with Gasteiger partial charge in [-0.3, -0.25) is 4.21 Å². The molecule has 1 fully saturated rings. The third-order valence-electron chi connectivity index (χ3n) is 3.85. The highest BCUT2D eigenvalue weighted by molar-refractivity contribution is 7.84. The van der Waals surface area contributed by atoms with Crippen LogP contribution >= 0.6 is 0 Å². The minimum absolute atomic E-state index is 0.255. The van der Waals surface area contributed by atoms with E-state index in [4.69, 9.17) is 4.74 Å². The molecule has 1 N–H and O–H groups in total. The Hall–Kier alpha value is -1.79. The number of anilines is 2. The van der Waals surface area contributed by atoms with Crippen LogP contribution in [-0.2, 0) is 21.3 Å². The summed E-state index contributed by atoms with van der Waals surface area (Å²) in [5, 5.41) is 3.52. The molecule has 1 aliphatic heterocycles. The third kappa shape index (κ3) is 4.59. The molecule has 0 saturated carbocycles. The van der Waals surface area contributed by atoms with Gasteiger partial charge in [-0.1, -0.05) is 12.1 Å². The van der Waals surface area contributed by atoms with E-state index in [0.29, 0.717) is 5.75 Å². The van der Waals surface area contributed by atoms with Crippen LogP contribution in [0.2, 0.25) is 0 Å². The van der Waals surface area contributed by atoms with E-state index in [-0.39, 0.29) is 5.25 Å². The summed E-state index contributed by atoms with van der Waals surface area (Å²) in [7, 11) is -0.849. The molecule has 1 saturated heterocycles. The molecule has 1 aromatic carbocycles. The van der Waals surface area contributed by atoms with Crippen LogP contribution in [-0.4, -0.2) is 32.6 Å². The van der Waals surface area contributed by atoms with Gasteiger partial charge in [-0.15, -0.1) is 0 Å². The van der Waals surface area contributed by atoms with Crippen LogP contribution in [0.4, 0.5) is 11.5 Å². The molecule has 5 nitrogen and oxygen atoms in total. The number of rotatable bonds is 5. The summed E-state index contributed by atoms with van der Waals surface area (Å²) in [6, 6.07) is 9.92. The molecule has 0 radical (unpaired) electrons. The zero-order valence-electron chi connectivity index (χ0n) is 13.2. The van der Waals surface area contributed by atoms with Crippen molar-refractivity contribution in [2.45, 2.75) is 30.8 Å². The Balaban J connectivity index is 1.66. The molecule has 0 spiro atoms. The number of nitrogens with one attached hydrogen (secondary N) is 1. The van der Waals surface area contributed by atoms with Gasteiger partial charge in [0.25, 0.3) is 0 Å². The Morgan fingerprint density at radius 2 is 2.09 bits per heavy atom. The first-order valence-corrected chi connectivity index (χ1v) is 9.18. The number of nitrogens with zero attached hydrogens (tertiary/aromatic N) is 2. The number of aryl methyl sites for hydroxylation is 1. The third-order valence-corrected chi connectivity index (χ3v) is 5.69. The topological polar surface area (TPSA) is 64.1 Å². The van der Waals surface area contributed by atoms with Crippen molar-refractivity contribution < 1.29 is 8.95 Å².